The van der Waals surface area contributed by atoms with Crippen LogP contribution in [0.3, 0.4) is 0 Å². The summed E-state index contributed by atoms with van der Waals surface area (Å²) in [6, 6.07) is 8.48. The summed E-state index contributed by atoms with van der Waals surface area (Å²) in [5, 5.41) is 0. The van der Waals surface area contributed by atoms with Gasteiger partial charge in [0.15, 0.2) is 0 Å². The van der Waals surface area contributed by atoms with E-state index in [1.807, 2.05) is 0 Å². The molecule has 1 fully saturated rings. The van der Waals surface area contributed by atoms with Gasteiger partial charge in [0.25, 0.3) is 0 Å². The fraction of sp³-hybridized carbons (Fsp3) is 0.538. The van der Waals surface area contributed by atoms with E-state index in [0.717, 1.165) is 17.6 Å². The quantitative estimate of drug-likeness (QED) is 0.694. The second-order valence-corrected chi connectivity index (χ2v) is 4.86. The largest absolute Gasteiger partial charge is 0.497 e. The molecule has 0 heterocycles. The van der Waals surface area contributed by atoms with E-state index in [1.165, 1.54) is 5.56 Å². The van der Waals surface area contributed by atoms with Crippen LogP contribution >= 0.6 is 0 Å². The first-order chi connectivity index (χ1) is 6.57. The fourth-order valence-corrected chi connectivity index (χ4v) is 2.42. The molecule has 0 unspecified atom stereocenters. The molecule has 0 spiro atoms. The smallest absolute Gasteiger partial charge is 0.118 e. The molecule has 1 nitrogen and oxygen atoms in total. The number of ether oxygens (including phenoxy) is 1. The van der Waals surface area contributed by atoms with Crippen LogP contribution in [-0.2, 0) is 0 Å². The van der Waals surface area contributed by atoms with E-state index in [1.54, 1.807) is 7.11 Å². The van der Waals surface area contributed by atoms with Crippen LogP contribution in [0.1, 0.15) is 32.3 Å². The molecular weight excluding hydrogens is 172 g/mol. The summed E-state index contributed by atoms with van der Waals surface area (Å²) >= 11 is 0. The zero-order chi connectivity index (χ0) is 10.3. The molecule has 0 N–H and O–H groups in total. The van der Waals surface area contributed by atoms with Crippen molar-refractivity contribution in [2.24, 2.45) is 11.3 Å². The highest BCUT2D eigenvalue weighted by atomic mass is 16.5. The Balaban J connectivity index is 2.20. The zero-order valence-corrected chi connectivity index (χ0v) is 9.37. The van der Waals surface area contributed by atoms with Gasteiger partial charge < -0.3 is 4.74 Å². The summed E-state index contributed by atoms with van der Waals surface area (Å²) in [5.41, 5.74) is 1.93. The van der Waals surface area contributed by atoms with Crippen LogP contribution in [0.25, 0.3) is 0 Å². The van der Waals surface area contributed by atoms with E-state index in [0.29, 0.717) is 5.41 Å². The molecule has 2 rings (SSSR count). The molecule has 0 aliphatic heterocycles. The summed E-state index contributed by atoms with van der Waals surface area (Å²) in [6.07, 6.45) is 0. The van der Waals surface area contributed by atoms with Crippen LogP contribution < -0.4 is 4.74 Å². The molecule has 1 aliphatic rings. The molecule has 0 saturated heterocycles. The Morgan fingerprint density at radius 3 is 2.00 bits per heavy atom. The number of rotatable bonds is 2. The average molecular weight is 190 g/mol. The normalized spacial score (nSPS) is 28.6. The van der Waals surface area contributed by atoms with Crippen molar-refractivity contribution in [3.8, 4) is 5.75 Å². The van der Waals surface area contributed by atoms with Crippen LogP contribution in [0.2, 0.25) is 0 Å². The van der Waals surface area contributed by atoms with Crippen molar-refractivity contribution in [2.45, 2.75) is 26.7 Å². The molecule has 1 saturated carbocycles. The topological polar surface area (TPSA) is 9.23 Å². The van der Waals surface area contributed by atoms with Crippen molar-refractivity contribution in [1.82, 2.24) is 0 Å². The minimum atomic E-state index is 0.481. The van der Waals surface area contributed by atoms with Crippen LogP contribution in [-0.4, -0.2) is 7.11 Å². The summed E-state index contributed by atoms with van der Waals surface area (Å²) in [5.74, 6) is 2.48. The Labute approximate surface area is 86.1 Å². The second kappa shape index (κ2) is 3.01. The average Bonchev–Trinajstić information content (AvgIpc) is 2.67. The first-order valence-corrected chi connectivity index (χ1v) is 5.21. The minimum Gasteiger partial charge on any atom is -0.497 e. The van der Waals surface area contributed by atoms with Gasteiger partial charge in [-0.3, -0.25) is 0 Å². The Morgan fingerprint density at radius 1 is 1.14 bits per heavy atom. The molecule has 2 atom stereocenters. The highest BCUT2D eigenvalue weighted by molar-refractivity contribution is 5.35. The van der Waals surface area contributed by atoms with Gasteiger partial charge in [-0.2, -0.15) is 0 Å². The second-order valence-electron chi connectivity index (χ2n) is 4.86. The van der Waals surface area contributed by atoms with Crippen molar-refractivity contribution in [2.75, 3.05) is 7.11 Å². The molecule has 76 valence electrons. The molecule has 1 aliphatic carbocycles. The summed E-state index contributed by atoms with van der Waals surface area (Å²) in [7, 11) is 1.71. The summed E-state index contributed by atoms with van der Waals surface area (Å²) in [6.45, 7) is 7.01. The van der Waals surface area contributed by atoms with Gasteiger partial charge in [0.05, 0.1) is 7.11 Å². The maximum absolute atomic E-state index is 5.15. The lowest BCUT2D eigenvalue weighted by Crippen LogP contribution is -1.90. The van der Waals surface area contributed by atoms with Gasteiger partial charge in [-0.05, 0) is 34.9 Å². The van der Waals surface area contributed by atoms with Gasteiger partial charge in [-0.1, -0.05) is 32.9 Å². The van der Waals surface area contributed by atoms with Crippen molar-refractivity contribution >= 4 is 0 Å². The van der Waals surface area contributed by atoms with Crippen molar-refractivity contribution in [3.63, 3.8) is 0 Å². The Kier molecular flexibility index (Phi) is 2.06. The van der Waals surface area contributed by atoms with E-state index in [9.17, 15) is 0 Å². The van der Waals surface area contributed by atoms with Gasteiger partial charge >= 0.3 is 0 Å². The van der Waals surface area contributed by atoms with Crippen LogP contribution in [0.4, 0.5) is 0 Å². The van der Waals surface area contributed by atoms with Crippen LogP contribution in [0.5, 0.6) is 5.75 Å². The van der Waals surface area contributed by atoms with E-state index < -0.39 is 0 Å². The standard InChI is InChI=1S/C13H18O/c1-9-12(13(9,2)3)10-5-7-11(14-4)8-6-10/h5-9,12H,1-4H3/t9-,12+/m0/s1. The molecular formula is C13H18O. The third-order valence-corrected chi connectivity index (χ3v) is 3.84. The monoisotopic (exact) mass is 190 g/mol. The number of benzene rings is 1. The lowest BCUT2D eigenvalue weighted by molar-refractivity contribution is 0.414. The number of hydrogen-bond acceptors (Lipinski definition) is 1. The highest BCUT2D eigenvalue weighted by Crippen LogP contribution is 2.64. The third-order valence-electron chi connectivity index (χ3n) is 3.84. The summed E-state index contributed by atoms with van der Waals surface area (Å²) < 4.78 is 5.15. The SMILES string of the molecule is COc1ccc([C@H]2[C@H](C)C2(C)C)cc1. The fourth-order valence-electron chi connectivity index (χ4n) is 2.42. The van der Waals surface area contributed by atoms with Crippen LogP contribution in [0, 0.1) is 11.3 Å². The van der Waals surface area contributed by atoms with Gasteiger partial charge in [0.1, 0.15) is 5.75 Å². The predicted molar refractivity (Wildman–Crippen MR) is 58.7 cm³/mol. The van der Waals surface area contributed by atoms with E-state index in [2.05, 4.69) is 45.0 Å². The Hall–Kier alpha value is -0.980. The van der Waals surface area contributed by atoms with E-state index in [4.69, 9.17) is 4.74 Å². The van der Waals surface area contributed by atoms with Crippen molar-refractivity contribution in [3.05, 3.63) is 29.8 Å². The van der Waals surface area contributed by atoms with Gasteiger partial charge in [0.2, 0.25) is 0 Å². The molecule has 0 radical (unpaired) electrons. The molecule has 14 heavy (non-hydrogen) atoms. The third kappa shape index (κ3) is 1.31. The van der Waals surface area contributed by atoms with Crippen molar-refractivity contribution in [1.29, 1.82) is 0 Å². The van der Waals surface area contributed by atoms with E-state index in [-0.39, 0.29) is 0 Å². The number of hydrogen-bond donors (Lipinski definition) is 0. The number of methoxy groups -OCH3 is 1. The lowest BCUT2D eigenvalue weighted by Gasteiger charge is -2.04. The summed E-state index contributed by atoms with van der Waals surface area (Å²) in [4.78, 5) is 0. The minimum absolute atomic E-state index is 0.481. The van der Waals surface area contributed by atoms with Crippen molar-refractivity contribution < 1.29 is 4.74 Å². The molecule has 0 aromatic heterocycles. The molecule has 0 bridgehead atoms. The predicted octanol–water partition coefficient (Wildman–Crippen LogP) is 3.45. The lowest BCUT2D eigenvalue weighted by atomic mass is 10.0. The van der Waals surface area contributed by atoms with E-state index >= 15 is 0 Å². The van der Waals surface area contributed by atoms with Gasteiger partial charge in [-0.15, -0.1) is 0 Å². The Morgan fingerprint density at radius 2 is 1.64 bits per heavy atom. The maximum Gasteiger partial charge on any atom is 0.118 e. The van der Waals surface area contributed by atoms with Gasteiger partial charge in [-0.25, -0.2) is 0 Å². The highest BCUT2D eigenvalue weighted by Gasteiger charge is 2.54. The molecule has 0 amide bonds. The molecule has 1 heteroatoms. The van der Waals surface area contributed by atoms with Crippen LogP contribution in [0.15, 0.2) is 24.3 Å². The van der Waals surface area contributed by atoms with Gasteiger partial charge in [0, 0.05) is 0 Å². The molecule has 1 aromatic rings. The maximum atomic E-state index is 5.15. The first kappa shape index (κ1) is 9.57. The zero-order valence-electron chi connectivity index (χ0n) is 9.37. The first-order valence-electron chi connectivity index (χ1n) is 5.21. The Bertz CT molecular complexity index is 324. The molecule has 1 aromatic carbocycles.